The van der Waals surface area contributed by atoms with E-state index in [9.17, 15) is 9.59 Å². The molecule has 0 radical (unpaired) electrons. The number of aryl methyl sites for hydroxylation is 1. The monoisotopic (exact) mass is 329 g/mol. The van der Waals surface area contributed by atoms with E-state index in [0.717, 1.165) is 11.1 Å². The molecule has 1 heterocycles. The number of carbonyl (C=O) groups is 2. The van der Waals surface area contributed by atoms with Crippen molar-refractivity contribution in [3.63, 3.8) is 0 Å². The van der Waals surface area contributed by atoms with Gasteiger partial charge in [-0.15, -0.1) is 0 Å². The summed E-state index contributed by atoms with van der Waals surface area (Å²) in [7, 11) is 0. The summed E-state index contributed by atoms with van der Waals surface area (Å²) < 4.78 is 10.3. The predicted octanol–water partition coefficient (Wildman–Crippen LogP) is 3.48. The van der Waals surface area contributed by atoms with Crippen LogP contribution in [0.4, 0.5) is 0 Å². The number of esters is 1. The van der Waals surface area contributed by atoms with Gasteiger partial charge in [0.2, 0.25) is 5.76 Å². The third-order valence-electron chi connectivity index (χ3n) is 3.54. The standard InChI is InChI=1S/C19H23NO4/c1-13(2)11-17(24-19(22)16-5-4-10-23-16)18(21)20-12-15-8-6-14(3)7-9-15/h4-10,13,17H,11-12H2,1-3H3,(H,20,21)/t17-/m0/s1. The minimum Gasteiger partial charge on any atom is -0.457 e. The Hall–Kier alpha value is -2.56. The van der Waals surface area contributed by atoms with Crippen molar-refractivity contribution in [2.24, 2.45) is 5.92 Å². The first-order chi connectivity index (χ1) is 11.5. The smallest absolute Gasteiger partial charge is 0.374 e. The molecular weight excluding hydrogens is 306 g/mol. The third-order valence-corrected chi connectivity index (χ3v) is 3.54. The first-order valence-electron chi connectivity index (χ1n) is 8.03. The van der Waals surface area contributed by atoms with Crippen molar-refractivity contribution >= 4 is 11.9 Å². The molecule has 24 heavy (non-hydrogen) atoms. The zero-order valence-corrected chi connectivity index (χ0v) is 14.2. The predicted molar refractivity (Wildman–Crippen MR) is 90.4 cm³/mol. The van der Waals surface area contributed by atoms with Crippen molar-refractivity contribution in [1.82, 2.24) is 5.32 Å². The average molecular weight is 329 g/mol. The zero-order chi connectivity index (χ0) is 17.5. The van der Waals surface area contributed by atoms with Crippen LogP contribution in [0.25, 0.3) is 0 Å². The highest BCUT2D eigenvalue weighted by atomic mass is 16.6. The maximum atomic E-state index is 12.4. The Bertz CT molecular complexity index is 659. The van der Waals surface area contributed by atoms with Gasteiger partial charge in [0.05, 0.1) is 6.26 Å². The van der Waals surface area contributed by atoms with E-state index >= 15 is 0 Å². The van der Waals surface area contributed by atoms with Crippen LogP contribution < -0.4 is 5.32 Å². The van der Waals surface area contributed by atoms with Crippen LogP contribution in [-0.4, -0.2) is 18.0 Å². The Morgan fingerprint density at radius 3 is 2.46 bits per heavy atom. The molecule has 1 amide bonds. The van der Waals surface area contributed by atoms with Gasteiger partial charge in [-0.1, -0.05) is 43.7 Å². The van der Waals surface area contributed by atoms with Crippen molar-refractivity contribution in [3.8, 4) is 0 Å². The molecular formula is C19H23NO4. The second kappa shape index (κ2) is 8.34. The lowest BCUT2D eigenvalue weighted by Gasteiger charge is -2.19. The molecule has 0 aliphatic rings. The highest BCUT2D eigenvalue weighted by Gasteiger charge is 2.25. The van der Waals surface area contributed by atoms with Gasteiger partial charge in [-0.25, -0.2) is 4.79 Å². The van der Waals surface area contributed by atoms with E-state index in [0.29, 0.717) is 13.0 Å². The summed E-state index contributed by atoms with van der Waals surface area (Å²) in [4.78, 5) is 24.4. The van der Waals surface area contributed by atoms with Crippen LogP contribution in [0, 0.1) is 12.8 Å². The molecule has 1 N–H and O–H groups in total. The Balaban J connectivity index is 1.96. The molecule has 0 aliphatic carbocycles. The molecule has 5 nitrogen and oxygen atoms in total. The topological polar surface area (TPSA) is 68.5 Å². The summed E-state index contributed by atoms with van der Waals surface area (Å²) in [5.41, 5.74) is 2.16. The van der Waals surface area contributed by atoms with Crippen molar-refractivity contribution < 1.29 is 18.7 Å². The lowest BCUT2D eigenvalue weighted by molar-refractivity contribution is -0.131. The number of furan rings is 1. The molecule has 2 rings (SSSR count). The summed E-state index contributed by atoms with van der Waals surface area (Å²) >= 11 is 0. The van der Waals surface area contributed by atoms with E-state index in [1.807, 2.05) is 45.0 Å². The van der Waals surface area contributed by atoms with Gasteiger partial charge in [0.25, 0.3) is 5.91 Å². The van der Waals surface area contributed by atoms with E-state index in [4.69, 9.17) is 9.15 Å². The van der Waals surface area contributed by atoms with Crippen molar-refractivity contribution in [1.29, 1.82) is 0 Å². The van der Waals surface area contributed by atoms with Crippen LogP contribution in [0.1, 0.15) is 41.9 Å². The van der Waals surface area contributed by atoms with Gasteiger partial charge in [0.1, 0.15) is 0 Å². The van der Waals surface area contributed by atoms with Crippen LogP contribution >= 0.6 is 0 Å². The number of amides is 1. The largest absolute Gasteiger partial charge is 0.457 e. The number of nitrogens with one attached hydrogen (secondary N) is 1. The van der Waals surface area contributed by atoms with Crippen molar-refractivity contribution in [3.05, 3.63) is 59.5 Å². The SMILES string of the molecule is Cc1ccc(CNC(=O)[C@H](CC(C)C)OC(=O)c2ccco2)cc1. The highest BCUT2D eigenvalue weighted by Crippen LogP contribution is 2.13. The number of hydrogen-bond acceptors (Lipinski definition) is 4. The molecule has 1 atom stereocenters. The van der Waals surface area contributed by atoms with Gasteiger partial charge in [-0.2, -0.15) is 0 Å². The third kappa shape index (κ3) is 5.26. The van der Waals surface area contributed by atoms with E-state index in [-0.39, 0.29) is 17.6 Å². The second-order valence-corrected chi connectivity index (χ2v) is 6.20. The first kappa shape index (κ1) is 17.8. The Morgan fingerprint density at radius 1 is 1.17 bits per heavy atom. The fraction of sp³-hybridized carbons (Fsp3) is 0.368. The normalized spacial score (nSPS) is 12.0. The fourth-order valence-corrected chi connectivity index (χ4v) is 2.23. The minimum atomic E-state index is -0.840. The summed E-state index contributed by atoms with van der Waals surface area (Å²) in [5, 5.41) is 2.83. The maximum absolute atomic E-state index is 12.4. The number of carbonyl (C=O) groups excluding carboxylic acids is 2. The molecule has 128 valence electrons. The molecule has 0 saturated heterocycles. The van der Waals surface area contributed by atoms with Gasteiger partial charge in [0, 0.05) is 6.54 Å². The number of hydrogen-bond donors (Lipinski definition) is 1. The quantitative estimate of drug-likeness (QED) is 0.790. The lowest BCUT2D eigenvalue weighted by Crippen LogP contribution is -2.38. The molecule has 5 heteroatoms. The summed E-state index contributed by atoms with van der Waals surface area (Å²) in [5.74, 6) is -0.625. The fourth-order valence-electron chi connectivity index (χ4n) is 2.23. The van der Waals surface area contributed by atoms with Gasteiger partial charge in [0.15, 0.2) is 6.10 Å². The van der Waals surface area contributed by atoms with Gasteiger partial charge in [-0.05, 0) is 37.0 Å². The Kier molecular flexibility index (Phi) is 6.18. The molecule has 1 aromatic carbocycles. The van der Waals surface area contributed by atoms with Gasteiger partial charge in [-0.3, -0.25) is 4.79 Å². The van der Waals surface area contributed by atoms with Gasteiger partial charge < -0.3 is 14.5 Å². The second-order valence-electron chi connectivity index (χ2n) is 6.20. The number of benzene rings is 1. The van der Waals surface area contributed by atoms with Crippen LogP contribution in [0.2, 0.25) is 0 Å². The molecule has 2 aromatic rings. The molecule has 0 unspecified atom stereocenters. The van der Waals surface area contributed by atoms with Gasteiger partial charge >= 0.3 is 5.97 Å². The maximum Gasteiger partial charge on any atom is 0.374 e. The van der Waals surface area contributed by atoms with Crippen LogP contribution in [0.5, 0.6) is 0 Å². The first-order valence-corrected chi connectivity index (χ1v) is 8.03. The highest BCUT2D eigenvalue weighted by molar-refractivity contribution is 5.90. The molecule has 0 saturated carbocycles. The summed E-state index contributed by atoms with van der Waals surface area (Å²) in [6, 6.07) is 11.0. The van der Waals surface area contributed by atoms with E-state index in [1.165, 1.54) is 12.3 Å². The summed E-state index contributed by atoms with van der Waals surface area (Å²) in [6.45, 7) is 6.35. The average Bonchev–Trinajstić information content (AvgIpc) is 3.07. The molecule has 0 spiro atoms. The van der Waals surface area contributed by atoms with E-state index in [1.54, 1.807) is 6.07 Å². The van der Waals surface area contributed by atoms with Crippen LogP contribution in [0.15, 0.2) is 47.1 Å². The number of rotatable bonds is 7. The van der Waals surface area contributed by atoms with Crippen molar-refractivity contribution in [2.75, 3.05) is 0 Å². The molecule has 0 fully saturated rings. The molecule has 0 bridgehead atoms. The Morgan fingerprint density at radius 2 is 1.88 bits per heavy atom. The zero-order valence-electron chi connectivity index (χ0n) is 14.2. The van der Waals surface area contributed by atoms with Crippen LogP contribution in [-0.2, 0) is 16.1 Å². The van der Waals surface area contributed by atoms with E-state index < -0.39 is 12.1 Å². The Labute approximate surface area is 142 Å². The van der Waals surface area contributed by atoms with Crippen LogP contribution in [0.3, 0.4) is 0 Å². The minimum absolute atomic E-state index is 0.0927. The lowest BCUT2D eigenvalue weighted by atomic mass is 10.1. The molecule has 0 aliphatic heterocycles. The van der Waals surface area contributed by atoms with E-state index in [2.05, 4.69) is 5.32 Å². The molecule has 1 aromatic heterocycles. The summed E-state index contributed by atoms with van der Waals surface area (Å²) in [6.07, 6.45) is 1.01. The number of ether oxygens (including phenoxy) is 1. The van der Waals surface area contributed by atoms with Crippen molar-refractivity contribution in [2.45, 2.75) is 39.8 Å².